The number of hydrogen-bond donors (Lipinski definition) is 0. The first-order chi connectivity index (χ1) is 12.3. The normalized spacial score (nSPS) is 20.1. The summed E-state index contributed by atoms with van der Waals surface area (Å²) in [6.07, 6.45) is 1.32. The van der Waals surface area contributed by atoms with Crippen molar-refractivity contribution in [2.24, 2.45) is 0 Å². The summed E-state index contributed by atoms with van der Waals surface area (Å²) in [5, 5.41) is 0. The van der Waals surface area contributed by atoms with Gasteiger partial charge in [0, 0.05) is 6.54 Å². The molecule has 1 unspecified atom stereocenters. The van der Waals surface area contributed by atoms with Gasteiger partial charge in [-0.2, -0.15) is 0 Å². The van der Waals surface area contributed by atoms with Crippen LogP contribution in [0.15, 0.2) is 30.3 Å². The van der Waals surface area contributed by atoms with Crippen molar-refractivity contribution in [3.8, 4) is 0 Å². The predicted octanol–water partition coefficient (Wildman–Crippen LogP) is 3.88. The van der Waals surface area contributed by atoms with Crippen LogP contribution in [0.2, 0.25) is 0 Å². The van der Waals surface area contributed by atoms with Crippen molar-refractivity contribution in [1.82, 2.24) is 4.90 Å². The van der Waals surface area contributed by atoms with Gasteiger partial charge in [0.2, 0.25) is 0 Å². The Morgan fingerprint density at radius 1 is 1.19 bits per heavy atom. The summed E-state index contributed by atoms with van der Waals surface area (Å²) in [6, 6.07) is 9.66. The maximum atomic E-state index is 12.7. The second-order valence-electron chi connectivity index (χ2n) is 7.50. The van der Waals surface area contributed by atoms with E-state index in [9.17, 15) is 9.59 Å². The van der Waals surface area contributed by atoms with Crippen molar-refractivity contribution in [2.75, 3.05) is 13.3 Å². The van der Waals surface area contributed by atoms with E-state index in [1.807, 2.05) is 58.0 Å². The molecule has 2 rings (SSSR count). The molecule has 1 amide bonds. The van der Waals surface area contributed by atoms with E-state index in [0.717, 1.165) is 12.0 Å². The van der Waals surface area contributed by atoms with Crippen LogP contribution in [0.1, 0.15) is 52.5 Å². The lowest BCUT2D eigenvalue weighted by Gasteiger charge is -2.36. The predicted molar refractivity (Wildman–Crippen MR) is 97.4 cm³/mol. The van der Waals surface area contributed by atoms with Crippen LogP contribution in [0.25, 0.3) is 0 Å². The minimum atomic E-state index is -0.974. The number of carbonyl (C=O) groups excluding carboxylic acids is 2. The number of hydrogen-bond acceptors (Lipinski definition) is 5. The summed E-state index contributed by atoms with van der Waals surface area (Å²) in [6.45, 7) is 8.02. The van der Waals surface area contributed by atoms with Crippen molar-refractivity contribution in [3.63, 3.8) is 0 Å². The quantitative estimate of drug-likeness (QED) is 0.436. The molecule has 6 heteroatoms. The molecule has 6 nitrogen and oxygen atoms in total. The maximum absolute atomic E-state index is 12.7. The molecule has 1 aromatic carbocycles. The Hall–Kier alpha value is -2.08. The highest BCUT2D eigenvalue weighted by Gasteiger charge is 2.51. The highest BCUT2D eigenvalue weighted by molar-refractivity contribution is 5.86. The van der Waals surface area contributed by atoms with Gasteiger partial charge in [-0.25, -0.2) is 9.59 Å². The molecular weight excluding hydrogens is 334 g/mol. The molecular formula is C20H29NO5. The van der Waals surface area contributed by atoms with Gasteiger partial charge < -0.3 is 14.2 Å². The van der Waals surface area contributed by atoms with Gasteiger partial charge in [-0.3, -0.25) is 4.90 Å². The Morgan fingerprint density at radius 3 is 2.50 bits per heavy atom. The lowest BCUT2D eigenvalue weighted by atomic mass is 9.93. The summed E-state index contributed by atoms with van der Waals surface area (Å²) < 4.78 is 16.2. The first kappa shape index (κ1) is 20.2. The van der Waals surface area contributed by atoms with Crippen LogP contribution < -0.4 is 0 Å². The molecule has 0 radical (unpaired) electrons. The molecule has 1 aliphatic heterocycles. The van der Waals surface area contributed by atoms with Gasteiger partial charge in [-0.1, -0.05) is 37.3 Å². The van der Waals surface area contributed by atoms with E-state index in [1.54, 1.807) is 0 Å². The van der Waals surface area contributed by atoms with Gasteiger partial charge in [0.1, 0.15) is 11.1 Å². The van der Waals surface area contributed by atoms with Crippen LogP contribution in [0.5, 0.6) is 0 Å². The van der Waals surface area contributed by atoms with E-state index >= 15 is 0 Å². The monoisotopic (exact) mass is 363 g/mol. The van der Waals surface area contributed by atoms with E-state index < -0.39 is 23.2 Å². The van der Waals surface area contributed by atoms with E-state index in [-0.39, 0.29) is 6.79 Å². The van der Waals surface area contributed by atoms with Crippen LogP contribution in [-0.2, 0) is 25.6 Å². The average Bonchev–Trinajstić information content (AvgIpc) is 3.03. The molecule has 1 aromatic rings. The lowest BCUT2D eigenvalue weighted by molar-refractivity contribution is -0.170. The van der Waals surface area contributed by atoms with Gasteiger partial charge >= 0.3 is 12.1 Å². The van der Waals surface area contributed by atoms with Crippen LogP contribution >= 0.6 is 0 Å². The Kier molecular flexibility index (Phi) is 6.64. The largest absolute Gasteiger partial charge is 0.444 e. The second-order valence-corrected chi connectivity index (χ2v) is 7.50. The minimum Gasteiger partial charge on any atom is -0.444 e. The molecule has 0 saturated carbocycles. The highest BCUT2D eigenvalue weighted by atomic mass is 16.7. The number of benzene rings is 1. The van der Waals surface area contributed by atoms with Crippen molar-refractivity contribution in [3.05, 3.63) is 35.9 Å². The molecule has 1 saturated heterocycles. The molecule has 1 aliphatic rings. The van der Waals surface area contributed by atoms with Crippen LogP contribution in [-0.4, -0.2) is 41.4 Å². The zero-order chi connectivity index (χ0) is 19.2. The smallest absolute Gasteiger partial charge is 0.411 e. The fraction of sp³-hybridized carbons (Fsp3) is 0.600. The molecule has 0 bridgehead atoms. The van der Waals surface area contributed by atoms with Crippen molar-refractivity contribution in [2.45, 2.75) is 64.7 Å². The third-order valence-electron chi connectivity index (χ3n) is 4.45. The maximum Gasteiger partial charge on any atom is 0.411 e. The first-order valence-corrected chi connectivity index (χ1v) is 9.08. The fourth-order valence-electron chi connectivity index (χ4n) is 3.15. The number of esters is 1. The van der Waals surface area contributed by atoms with Gasteiger partial charge in [0.15, 0.2) is 6.79 Å². The van der Waals surface area contributed by atoms with E-state index in [2.05, 4.69) is 0 Å². The number of likely N-dealkylation sites (tertiary alicyclic amines) is 1. The first-order valence-electron chi connectivity index (χ1n) is 9.08. The number of nitrogens with zero attached hydrogens (tertiary/aromatic N) is 1. The SMILES string of the molecule is CCC1(C(=O)OCOCc2ccccc2)CCCN1C(=O)OC(C)(C)C. The third kappa shape index (κ3) is 4.97. The molecule has 0 aromatic heterocycles. The zero-order valence-corrected chi connectivity index (χ0v) is 16.1. The zero-order valence-electron chi connectivity index (χ0n) is 16.1. The molecule has 1 fully saturated rings. The summed E-state index contributed by atoms with van der Waals surface area (Å²) in [5.74, 6) is -0.434. The lowest BCUT2D eigenvalue weighted by Crippen LogP contribution is -2.54. The Morgan fingerprint density at radius 2 is 1.88 bits per heavy atom. The average molecular weight is 363 g/mol. The molecule has 0 aliphatic carbocycles. The molecule has 26 heavy (non-hydrogen) atoms. The number of rotatable bonds is 6. The second kappa shape index (κ2) is 8.54. The van der Waals surface area contributed by atoms with Crippen LogP contribution in [0.3, 0.4) is 0 Å². The van der Waals surface area contributed by atoms with E-state index in [0.29, 0.717) is 26.0 Å². The van der Waals surface area contributed by atoms with Crippen molar-refractivity contribution >= 4 is 12.1 Å². The van der Waals surface area contributed by atoms with Gasteiger partial charge in [-0.15, -0.1) is 0 Å². The minimum absolute atomic E-state index is 0.141. The number of amides is 1. The standard InChI is InChI=1S/C20H29NO5/c1-5-20(12-9-13-21(20)18(23)26-19(2,3)4)17(22)25-15-24-14-16-10-7-6-8-11-16/h6-8,10-11H,5,9,12-15H2,1-4H3. The third-order valence-corrected chi connectivity index (χ3v) is 4.45. The summed E-state index contributed by atoms with van der Waals surface area (Å²) in [7, 11) is 0. The molecule has 144 valence electrons. The highest BCUT2D eigenvalue weighted by Crippen LogP contribution is 2.35. The summed E-state index contributed by atoms with van der Waals surface area (Å²) >= 11 is 0. The molecule has 1 heterocycles. The van der Waals surface area contributed by atoms with Gasteiger partial charge in [0.05, 0.1) is 6.61 Å². The van der Waals surface area contributed by atoms with Gasteiger partial charge in [0.25, 0.3) is 0 Å². The molecule has 0 N–H and O–H groups in total. The van der Waals surface area contributed by atoms with E-state index in [4.69, 9.17) is 14.2 Å². The van der Waals surface area contributed by atoms with Gasteiger partial charge in [-0.05, 0) is 45.6 Å². The molecule has 0 spiro atoms. The van der Waals surface area contributed by atoms with Crippen LogP contribution in [0, 0.1) is 0 Å². The van der Waals surface area contributed by atoms with Crippen molar-refractivity contribution in [1.29, 1.82) is 0 Å². The number of ether oxygens (including phenoxy) is 3. The van der Waals surface area contributed by atoms with E-state index in [1.165, 1.54) is 4.90 Å². The summed E-state index contributed by atoms with van der Waals surface area (Å²) in [5.41, 5.74) is -0.578. The Bertz CT molecular complexity index is 610. The fourth-order valence-corrected chi connectivity index (χ4v) is 3.15. The Balaban J connectivity index is 1.93. The Labute approximate surface area is 155 Å². The van der Waals surface area contributed by atoms with Crippen LogP contribution in [0.4, 0.5) is 4.79 Å². The van der Waals surface area contributed by atoms with Crippen molar-refractivity contribution < 1.29 is 23.8 Å². The molecule has 1 atom stereocenters. The number of carbonyl (C=O) groups is 2. The topological polar surface area (TPSA) is 65.1 Å². The summed E-state index contributed by atoms with van der Waals surface area (Å²) in [4.78, 5) is 26.8.